The summed E-state index contributed by atoms with van der Waals surface area (Å²) in [5.41, 5.74) is 7.19. The van der Waals surface area contributed by atoms with E-state index in [0.717, 1.165) is 54.8 Å². The van der Waals surface area contributed by atoms with Crippen molar-refractivity contribution in [3.05, 3.63) is 46.6 Å². The SMILES string of the molecule is CCCC(OCC)c1c(OC)cc(-c2c(CC)cccc2CC)nc1CC. The van der Waals surface area contributed by atoms with E-state index in [1.165, 1.54) is 16.7 Å². The van der Waals surface area contributed by atoms with Crippen LogP contribution in [-0.2, 0) is 24.0 Å². The Kier molecular flexibility index (Phi) is 8.30. The van der Waals surface area contributed by atoms with E-state index in [9.17, 15) is 0 Å². The van der Waals surface area contributed by atoms with E-state index in [4.69, 9.17) is 14.5 Å². The summed E-state index contributed by atoms with van der Waals surface area (Å²) < 4.78 is 11.9. The Bertz CT molecular complexity index is 686. The Hall–Kier alpha value is -1.87. The highest BCUT2D eigenvalue weighted by molar-refractivity contribution is 5.70. The van der Waals surface area contributed by atoms with Crippen molar-refractivity contribution in [2.45, 2.75) is 72.8 Å². The Morgan fingerprint density at radius 3 is 2.11 bits per heavy atom. The van der Waals surface area contributed by atoms with Crippen LogP contribution in [-0.4, -0.2) is 18.7 Å². The molecule has 0 radical (unpaired) electrons. The molecule has 0 spiro atoms. The molecule has 0 saturated carbocycles. The molecule has 1 atom stereocenters. The fourth-order valence-electron chi connectivity index (χ4n) is 3.84. The zero-order chi connectivity index (χ0) is 19.8. The predicted octanol–water partition coefficient (Wildman–Crippen LogP) is 6.32. The molecule has 0 aliphatic heterocycles. The molecule has 2 rings (SSSR count). The number of methoxy groups -OCH3 is 1. The molecule has 1 unspecified atom stereocenters. The standard InChI is InChI=1S/C24H35NO2/c1-7-13-21(27-11-5)24-19(10-4)25-20(16-22(24)26-6)23-17(8-2)14-12-15-18(23)9-3/h12,14-16,21H,7-11,13H2,1-6H3. The van der Waals surface area contributed by atoms with Gasteiger partial charge in [-0.2, -0.15) is 0 Å². The summed E-state index contributed by atoms with van der Waals surface area (Å²) in [6, 6.07) is 8.69. The molecule has 0 saturated heterocycles. The zero-order valence-corrected chi connectivity index (χ0v) is 17.9. The van der Waals surface area contributed by atoms with E-state index < -0.39 is 0 Å². The molecule has 3 nitrogen and oxygen atoms in total. The Labute approximate surface area is 165 Å². The third-order valence-corrected chi connectivity index (χ3v) is 5.15. The van der Waals surface area contributed by atoms with Gasteiger partial charge in [-0.05, 0) is 43.7 Å². The van der Waals surface area contributed by atoms with Crippen molar-refractivity contribution >= 4 is 0 Å². The maximum absolute atomic E-state index is 6.07. The Morgan fingerprint density at radius 2 is 1.63 bits per heavy atom. The number of ether oxygens (including phenoxy) is 2. The van der Waals surface area contributed by atoms with Crippen LogP contribution < -0.4 is 4.74 Å². The van der Waals surface area contributed by atoms with Crippen molar-refractivity contribution < 1.29 is 9.47 Å². The highest BCUT2D eigenvalue weighted by Gasteiger charge is 2.23. The fraction of sp³-hybridized carbons (Fsp3) is 0.542. The van der Waals surface area contributed by atoms with Crippen LogP contribution in [0.2, 0.25) is 0 Å². The topological polar surface area (TPSA) is 31.4 Å². The largest absolute Gasteiger partial charge is 0.496 e. The minimum atomic E-state index is 0.0403. The summed E-state index contributed by atoms with van der Waals surface area (Å²) in [6.07, 6.45) is 4.93. The maximum atomic E-state index is 6.07. The first-order valence-electron chi connectivity index (χ1n) is 10.4. The molecule has 1 aromatic heterocycles. The van der Waals surface area contributed by atoms with Crippen LogP contribution in [0, 0.1) is 0 Å². The summed E-state index contributed by atoms with van der Waals surface area (Å²) >= 11 is 0. The maximum Gasteiger partial charge on any atom is 0.128 e. The second kappa shape index (κ2) is 10.5. The van der Waals surface area contributed by atoms with Gasteiger partial charge in [-0.15, -0.1) is 0 Å². The molecule has 0 fully saturated rings. The van der Waals surface area contributed by atoms with Crippen molar-refractivity contribution in [3.8, 4) is 17.0 Å². The van der Waals surface area contributed by atoms with Crippen LogP contribution in [0.25, 0.3) is 11.3 Å². The van der Waals surface area contributed by atoms with Crippen molar-refractivity contribution in [3.63, 3.8) is 0 Å². The van der Waals surface area contributed by atoms with Gasteiger partial charge in [0.25, 0.3) is 0 Å². The highest BCUT2D eigenvalue weighted by atomic mass is 16.5. The van der Waals surface area contributed by atoms with Crippen LogP contribution in [0.4, 0.5) is 0 Å². The normalized spacial score (nSPS) is 12.2. The molecule has 3 heteroatoms. The van der Waals surface area contributed by atoms with Gasteiger partial charge in [-0.3, -0.25) is 4.98 Å². The van der Waals surface area contributed by atoms with E-state index in [-0.39, 0.29) is 6.10 Å². The number of aromatic nitrogens is 1. The lowest BCUT2D eigenvalue weighted by Crippen LogP contribution is -2.12. The van der Waals surface area contributed by atoms with Gasteiger partial charge in [0.1, 0.15) is 5.75 Å². The molecule has 1 heterocycles. The molecular weight excluding hydrogens is 334 g/mol. The third kappa shape index (κ3) is 4.70. The molecule has 1 aromatic carbocycles. The summed E-state index contributed by atoms with van der Waals surface area (Å²) in [5, 5.41) is 0. The molecule has 2 aromatic rings. The van der Waals surface area contributed by atoms with E-state index in [2.05, 4.69) is 52.0 Å². The average molecular weight is 370 g/mol. The number of nitrogens with zero attached hydrogens (tertiary/aromatic N) is 1. The van der Waals surface area contributed by atoms with Crippen molar-refractivity contribution in [2.75, 3.05) is 13.7 Å². The van der Waals surface area contributed by atoms with Crippen LogP contribution >= 0.6 is 0 Å². The van der Waals surface area contributed by atoms with E-state index >= 15 is 0 Å². The van der Waals surface area contributed by atoms with Gasteiger partial charge in [0, 0.05) is 23.8 Å². The first kappa shape index (κ1) is 21.4. The lowest BCUT2D eigenvalue weighted by Gasteiger charge is -2.23. The second-order valence-corrected chi connectivity index (χ2v) is 6.81. The van der Waals surface area contributed by atoms with Crippen LogP contribution in [0.1, 0.15) is 75.9 Å². The summed E-state index contributed by atoms with van der Waals surface area (Å²) in [4.78, 5) is 5.11. The lowest BCUT2D eigenvalue weighted by molar-refractivity contribution is 0.0530. The van der Waals surface area contributed by atoms with Crippen LogP contribution in [0.3, 0.4) is 0 Å². The summed E-state index contributed by atoms with van der Waals surface area (Å²) in [5.74, 6) is 0.900. The average Bonchev–Trinajstić information content (AvgIpc) is 2.71. The molecule has 0 aliphatic carbocycles. The first-order chi connectivity index (χ1) is 13.1. The van der Waals surface area contributed by atoms with Gasteiger partial charge in [0.2, 0.25) is 0 Å². The minimum Gasteiger partial charge on any atom is -0.496 e. The number of hydrogen-bond acceptors (Lipinski definition) is 3. The monoisotopic (exact) mass is 369 g/mol. The molecule has 148 valence electrons. The molecule has 0 amide bonds. The molecular formula is C24H35NO2. The van der Waals surface area contributed by atoms with E-state index in [1.807, 2.05) is 6.92 Å². The smallest absolute Gasteiger partial charge is 0.128 e. The fourth-order valence-corrected chi connectivity index (χ4v) is 3.84. The van der Waals surface area contributed by atoms with Crippen molar-refractivity contribution in [1.82, 2.24) is 4.98 Å². The van der Waals surface area contributed by atoms with Crippen LogP contribution in [0.15, 0.2) is 24.3 Å². The molecule has 0 bridgehead atoms. The number of rotatable bonds is 10. The zero-order valence-electron chi connectivity index (χ0n) is 17.9. The van der Waals surface area contributed by atoms with Gasteiger partial charge in [-0.1, -0.05) is 52.3 Å². The van der Waals surface area contributed by atoms with E-state index in [0.29, 0.717) is 6.61 Å². The Balaban J connectivity index is 2.69. The number of hydrogen-bond donors (Lipinski definition) is 0. The molecule has 0 aliphatic rings. The van der Waals surface area contributed by atoms with Gasteiger partial charge < -0.3 is 9.47 Å². The lowest BCUT2D eigenvalue weighted by atomic mass is 9.92. The van der Waals surface area contributed by atoms with Gasteiger partial charge in [0.05, 0.1) is 24.6 Å². The Morgan fingerprint density at radius 1 is 0.963 bits per heavy atom. The van der Waals surface area contributed by atoms with Gasteiger partial charge in [0.15, 0.2) is 0 Å². The number of aryl methyl sites for hydroxylation is 3. The highest BCUT2D eigenvalue weighted by Crippen LogP contribution is 2.38. The minimum absolute atomic E-state index is 0.0403. The molecule has 27 heavy (non-hydrogen) atoms. The third-order valence-electron chi connectivity index (χ3n) is 5.15. The van der Waals surface area contributed by atoms with Crippen molar-refractivity contribution in [1.29, 1.82) is 0 Å². The summed E-state index contributed by atoms with van der Waals surface area (Å²) in [7, 11) is 1.75. The van der Waals surface area contributed by atoms with Gasteiger partial charge in [-0.25, -0.2) is 0 Å². The summed E-state index contributed by atoms with van der Waals surface area (Å²) in [6.45, 7) is 11.5. The predicted molar refractivity (Wildman–Crippen MR) is 114 cm³/mol. The molecule has 0 N–H and O–H groups in total. The number of benzene rings is 1. The second-order valence-electron chi connectivity index (χ2n) is 6.81. The van der Waals surface area contributed by atoms with E-state index in [1.54, 1.807) is 7.11 Å². The van der Waals surface area contributed by atoms with Crippen LogP contribution in [0.5, 0.6) is 5.75 Å². The first-order valence-corrected chi connectivity index (χ1v) is 10.4. The van der Waals surface area contributed by atoms with Gasteiger partial charge >= 0.3 is 0 Å². The quantitative estimate of drug-likeness (QED) is 0.491. The number of pyridine rings is 1. The van der Waals surface area contributed by atoms with Crippen molar-refractivity contribution in [2.24, 2.45) is 0 Å².